The molecule has 0 saturated carbocycles. The number of phenols is 2. The monoisotopic (exact) mass is 447 g/mol. The van der Waals surface area contributed by atoms with Crippen molar-refractivity contribution in [2.24, 2.45) is 0 Å². The molecule has 6 heteroatoms. The molecule has 0 saturated heterocycles. The van der Waals surface area contributed by atoms with Gasteiger partial charge in [-0.25, -0.2) is 0 Å². The molecule has 1 aromatic heterocycles. The number of nitrogens with one attached hydrogen (secondary N) is 1. The van der Waals surface area contributed by atoms with E-state index in [0.29, 0.717) is 17.7 Å². The van der Waals surface area contributed by atoms with E-state index in [9.17, 15) is 15.0 Å². The summed E-state index contributed by atoms with van der Waals surface area (Å²) in [7, 11) is 0. The molecular weight excluding hydrogens is 422 g/mol. The Morgan fingerprint density at radius 1 is 0.938 bits per heavy atom. The molecule has 0 spiro atoms. The molecule has 0 aliphatic rings. The van der Waals surface area contributed by atoms with E-state index in [-0.39, 0.29) is 17.3 Å². The second-order valence-electron chi connectivity index (χ2n) is 7.49. The average Bonchev–Trinajstić information content (AvgIpc) is 3.18. The topological polar surface area (TPSA) is 78.8 Å². The second kappa shape index (κ2) is 9.85. The quantitative estimate of drug-likeness (QED) is 0.230. The molecule has 32 heavy (non-hydrogen) atoms. The third-order valence-electron chi connectivity index (χ3n) is 5.12. The third-order valence-corrected chi connectivity index (χ3v) is 6.32. The predicted molar refractivity (Wildman–Crippen MR) is 129 cm³/mol. The van der Waals surface area contributed by atoms with E-state index in [1.165, 1.54) is 11.3 Å². The van der Waals surface area contributed by atoms with Gasteiger partial charge in [0.25, 0.3) is 0 Å². The molecule has 5 nitrogen and oxygen atoms in total. The summed E-state index contributed by atoms with van der Waals surface area (Å²) in [5.41, 5.74) is 1.99. The summed E-state index contributed by atoms with van der Waals surface area (Å²) in [4.78, 5) is 14.4. The summed E-state index contributed by atoms with van der Waals surface area (Å²) in [6.07, 6.45) is 1.08. The first kappa shape index (κ1) is 21.9. The van der Waals surface area contributed by atoms with Crippen molar-refractivity contribution in [1.29, 1.82) is 0 Å². The van der Waals surface area contributed by atoms with Gasteiger partial charge in [0.05, 0.1) is 0 Å². The van der Waals surface area contributed by atoms with Crippen LogP contribution >= 0.6 is 11.3 Å². The first-order valence-electron chi connectivity index (χ1n) is 10.6. The molecule has 164 valence electrons. The van der Waals surface area contributed by atoms with E-state index in [2.05, 4.69) is 12.2 Å². The normalized spacial score (nSPS) is 11.0. The van der Waals surface area contributed by atoms with Crippen LogP contribution in [0.3, 0.4) is 0 Å². The highest BCUT2D eigenvalue weighted by molar-refractivity contribution is 7.22. The number of rotatable bonds is 9. The Labute approximate surface area is 190 Å². The van der Waals surface area contributed by atoms with E-state index in [4.69, 9.17) is 4.74 Å². The Morgan fingerprint density at radius 2 is 1.66 bits per heavy atom. The molecule has 0 fully saturated rings. The van der Waals surface area contributed by atoms with E-state index in [1.807, 2.05) is 12.1 Å². The zero-order valence-electron chi connectivity index (χ0n) is 17.8. The molecule has 0 atom stereocenters. The van der Waals surface area contributed by atoms with Crippen LogP contribution in [0, 0.1) is 0 Å². The van der Waals surface area contributed by atoms with Gasteiger partial charge in [0, 0.05) is 32.6 Å². The maximum atomic E-state index is 13.6. The Kier molecular flexibility index (Phi) is 6.73. The molecule has 4 aromatic rings. The second-order valence-corrected chi connectivity index (χ2v) is 8.54. The largest absolute Gasteiger partial charge is 0.508 e. The lowest BCUT2D eigenvalue weighted by Crippen LogP contribution is -2.21. The Balaban J connectivity index is 1.64. The summed E-state index contributed by atoms with van der Waals surface area (Å²) >= 11 is 1.45. The number of phenolic OH excluding ortho intramolecular Hbond substituents is 2. The lowest BCUT2D eigenvalue weighted by atomic mass is 9.97. The summed E-state index contributed by atoms with van der Waals surface area (Å²) in [5.74, 6) is 0.950. The molecule has 0 aliphatic carbocycles. The molecule has 3 aromatic carbocycles. The number of carbonyl (C=O) groups is 1. The lowest BCUT2D eigenvalue weighted by molar-refractivity contribution is 0.104. The van der Waals surface area contributed by atoms with Gasteiger partial charge >= 0.3 is 0 Å². The first-order valence-corrected chi connectivity index (χ1v) is 11.4. The maximum Gasteiger partial charge on any atom is 0.195 e. The van der Waals surface area contributed by atoms with Gasteiger partial charge in [-0.15, -0.1) is 11.3 Å². The molecule has 4 rings (SSSR count). The molecule has 0 aliphatic heterocycles. The van der Waals surface area contributed by atoms with E-state index in [1.54, 1.807) is 54.6 Å². The summed E-state index contributed by atoms with van der Waals surface area (Å²) in [6, 6.07) is 19.0. The number of hydrogen-bond donors (Lipinski definition) is 3. The van der Waals surface area contributed by atoms with Gasteiger partial charge in [0.1, 0.15) is 23.9 Å². The molecule has 3 N–H and O–H groups in total. The number of ether oxygens (including phenoxy) is 1. The van der Waals surface area contributed by atoms with Crippen LogP contribution in [0.2, 0.25) is 0 Å². The fourth-order valence-corrected chi connectivity index (χ4v) is 4.75. The standard InChI is InChI=1S/C26H25NO4S/c1-2-13-27-14-15-31-21-10-5-17(6-11-21)25(30)24-22-12-9-20(29)16-23(22)32-26(24)18-3-7-19(28)8-4-18/h3-12,16,27-29H,2,13-15H2,1H3. The summed E-state index contributed by atoms with van der Waals surface area (Å²) < 4.78 is 6.57. The molecule has 0 bridgehead atoms. The third kappa shape index (κ3) is 4.77. The van der Waals surface area contributed by atoms with Crippen LogP contribution in [-0.4, -0.2) is 35.7 Å². The van der Waals surface area contributed by atoms with Crippen LogP contribution in [0.4, 0.5) is 0 Å². The summed E-state index contributed by atoms with van der Waals surface area (Å²) in [5, 5.41) is 23.6. The van der Waals surface area contributed by atoms with Gasteiger partial charge in [-0.05, 0) is 85.3 Å². The van der Waals surface area contributed by atoms with Crippen molar-refractivity contribution < 1.29 is 19.7 Å². The number of carbonyl (C=O) groups excluding carboxylic acids is 1. The van der Waals surface area contributed by atoms with Crippen LogP contribution < -0.4 is 10.1 Å². The first-order chi connectivity index (χ1) is 15.6. The average molecular weight is 448 g/mol. The SMILES string of the molecule is CCCNCCOc1ccc(C(=O)c2c(-c3ccc(O)cc3)sc3cc(O)ccc23)cc1. The number of benzene rings is 3. The van der Waals surface area contributed by atoms with Crippen LogP contribution in [0.15, 0.2) is 66.7 Å². The van der Waals surface area contributed by atoms with E-state index in [0.717, 1.165) is 45.8 Å². The fourth-order valence-electron chi connectivity index (χ4n) is 3.52. The van der Waals surface area contributed by atoms with Gasteiger partial charge in [0.15, 0.2) is 5.78 Å². The van der Waals surface area contributed by atoms with Gasteiger partial charge in [-0.3, -0.25) is 4.79 Å². The highest BCUT2D eigenvalue weighted by Crippen LogP contribution is 2.41. The van der Waals surface area contributed by atoms with Crippen molar-refractivity contribution in [2.75, 3.05) is 19.7 Å². The van der Waals surface area contributed by atoms with Crippen molar-refractivity contribution in [1.82, 2.24) is 5.32 Å². The minimum absolute atomic E-state index is 0.0961. The highest BCUT2D eigenvalue weighted by Gasteiger charge is 2.22. The number of ketones is 1. The number of thiophene rings is 1. The molecule has 0 radical (unpaired) electrons. The predicted octanol–water partition coefficient (Wildman–Crippen LogP) is 5.59. The van der Waals surface area contributed by atoms with Gasteiger partial charge < -0.3 is 20.3 Å². The zero-order chi connectivity index (χ0) is 22.5. The van der Waals surface area contributed by atoms with E-state index >= 15 is 0 Å². The van der Waals surface area contributed by atoms with Gasteiger partial charge in [-0.2, -0.15) is 0 Å². The molecular formula is C26H25NO4S. The minimum atomic E-state index is -0.0961. The maximum absolute atomic E-state index is 13.6. The van der Waals surface area contributed by atoms with Crippen molar-refractivity contribution in [3.8, 4) is 27.7 Å². The minimum Gasteiger partial charge on any atom is -0.508 e. The van der Waals surface area contributed by atoms with Crippen molar-refractivity contribution in [2.45, 2.75) is 13.3 Å². The van der Waals surface area contributed by atoms with Crippen molar-refractivity contribution in [3.05, 3.63) is 77.9 Å². The van der Waals surface area contributed by atoms with E-state index < -0.39 is 0 Å². The smallest absolute Gasteiger partial charge is 0.195 e. The molecule has 1 heterocycles. The van der Waals surface area contributed by atoms with Crippen molar-refractivity contribution in [3.63, 3.8) is 0 Å². The van der Waals surface area contributed by atoms with Crippen LogP contribution in [0.5, 0.6) is 17.2 Å². The van der Waals surface area contributed by atoms with Crippen LogP contribution in [0.1, 0.15) is 29.3 Å². The number of fused-ring (bicyclic) bond motifs is 1. The zero-order valence-corrected chi connectivity index (χ0v) is 18.6. The Hall–Kier alpha value is -3.35. The Morgan fingerprint density at radius 3 is 2.38 bits per heavy atom. The number of aromatic hydroxyl groups is 2. The number of hydrogen-bond acceptors (Lipinski definition) is 6. The highest BCUT2D eigenvalue weighted by atomic mass is 32.1. The molecule has 0 amide bonds. The van der Waals surface area contributed by atoms with Gasteiger partial charge in [-0.1, -0.05) is 6.92 Å². The lowest BCUT2D eigenvalue weighted by Gasteiger charge is -2.09. The molecule has 0 unspecified atom stereocenters. The Bertz CT molecular complexity index is 1210. The van der Waals surface area contributed by atoms with Crippen LogP contribution in [-0.2, 0) is 0 Å². The van der Waals surface area contributed by atoms with Gasteiger partial charge in [0.2, 0.25) is 0 Å². The van der Waals surface area contributed by atoms with Crippen molar-refractivity contribution >= 4 is 27.2 Å². The summed E-state index contributed by atoms with van der Waals surface area (Å²) in [6.45, 7) is 4.43. The fraction of sp³-hybridized carbons (Fsp3) is 0.192. The van der Waals surface area contributed by atoms with Crippen LogP contribution in [0.25, 0.3) is 20.5 Å².